The second kappa shape index (κ2) is 5.49. The number of carbonyl (C=O) groups is 1. The molecule has 2 rings (SSSR count). The first-order valence-corrected chi connectivity index (χ1v) is 7.62. The van der Waals surface area contributed by atoms with Crippen LogP contribution in [-0.2, 0) is 11.3 Å². The molecule has 1 aromatic heterocycles. The number of allylic oxidation sites excluding steroid dienone is 1. The molecule has 1 aromatic rings. The van der Waals surface area contributed by atoms with Gasteiger partial charge in [-0.3, -0.25) is 4.79 Å². The maximum Gasteiger partial charge on any atom is 0.191 e. The van der Waals surface area contributed by atoms with Gasteiger partial charge in [0, 0.05) is 17.9 Å². The van der Waals surface area contributed by atoms with Gasteiger partial charge >= 0.3 is 0 Å². The van der Waals surface area contributed by atoms with Crippen LogP contribution in [0, 0.1) is 5.41 Å². The number of Topliss-reactive ketones (excluding diaryl/α,β-unsaturated/α-hetero) is 1. The molecule has 0 bridgehead atoms. The summed E-state index contributed by atoms with van der Waals surface area (Å²) in [5.41, 5.74) is -0.296. The van der Waals surface area contributed by atoms with E-state index in [-0.39, 0.29) is 11.2 Å². The average molecular weight is 279 g/mol. The second-order valence-corrected chi connectivity index (χ2v) is 6.92. The third-order valence-electron chi connectivity index (χ3n) is 3.17. The van der Waals surface area contributed by atoms with Gasteiger partial charge in [0.15, 0.2) is 5.16 Å². The van der Waals surface area contributed by atoms with Gasteiger partial charge in [0.25, 0.3) is 0 Å². The van der Waals surface area contributed by atoms with E-state index in [0.717, 1.165) is 11.0 Å². The van der Waals surface area contributed by atoms with Crippen molar-refractivity contribution in [3.63, 3.8) is 0 Å². The Labute approximate surface area is 118 Å². The fourth-order valence-corrected chi connectivity index (χ4v) is 2.81. The Bertz CT molecular complexity index is 483. The first-order valence-electron chi connectivity index (χ1n) is 6.63. The zero-order valence-electron chi connectivity index (χ0n) is 11.8. The normalized spacial score (nSPS) is 15.5. The summed E-state index contributed by atoms with van der Waals surface area (Å²) >= 11 is 1.48. The lowest BCUT2D eigenvalue weighted by molar-refractivity contribution is -0.123. The van der Waals surface area contributed by atoms with Crippen LogP contribution in [-0.4, -0.2) is 26.3 Å². The number of hydrogen-bond acceptors (Lipinski definition) is 4. The number of carbonyl (C=O) groups excluding carboxylic acids is 1. The SMILES string of the molecule is C=CCn1c(SCC(=O)C(C)(C)C)nnc1C1CC1. The van der Waals surface area contributed by atoms with Crippen molar-refractivity contribution in [2.45, 2.75) is 51.2 Å². The van der Waals surface area contributed by atoms with Crippen molar-refractivity contribution in [1.29, 1.82) is 0 Å². The molecular weight excluding hydrogens is 258 g/mol. The van der Waals surface area contributed by atoms with Gasteiger partial charge < -0.3 is 4.57 Å². The molecule has 0 aromatic carbocycles. The lowest BCUT2D eigenvalue weighted by Gasteiger charge is -2.15. The number of hydrogen-bond donors (Lipinski definition) is 0. The molecular formula is C14H21N3OS. The standard InChI is InChI=1S/C14H21N3OS/c1-5-8-17-12(10-6-7-10)15-16-13(17)19-9-11(18)14(2,3)4/h5,10H,1,6-9H2,2-4H3. The van der Waals surface area contributed by atoms with E-state index >= 15 is 0 Å². The number of rotatable bonds is 6. The van der Waals surface area contributed by atoms with Crippen molar-refractivity contribution in [2.24, 2.45) is 5.41 Å². The van der Waals surface area contributed by atoms with E-state index in [1.807, 2.05) is 26.8 Å². The molecule has 104 valence electrons. The largest absolute Gasteiger partial charge is 0.302 e. The van der Waals surface area contributed by atoms with Crippen LogP contribution in [0.1, 0.15) is 45.4 Å². The Kier molecular flexibility index (Phi) is 4.13. The molecule has 1 heterocycles. The van der Waals surface area contributed by atoms with Crippen LogP contribution in [0.15, 0.2) is 17.8 Å². The molecule has 0 saturated heterocycles. The molecule has 4 nitrogen and oxygen atoms in total. The highest BCUT2D eigenvalue weighted by Crippen LogP contribution is 2.40. The average Bonchev–Trinajstić information content (AvgIpc) is 3.09. The van der Waals surface area contributed by atoms with E-state index in [0.29, 0.717) is 18.2 Å². The smallest absolute Gasteiger partial charge is 0.191 e. The first-order chi connectivity index (χ1) is 8.93. The van der Waals surface area contributed by atoms with Crippen LogP contribution >= 0.6 is 11.8 Å². The Hall–Kier alpha value is -1.10. The quantitative estimate of drug-likeness (QED) is 0.593. The van der Waals surface area contributed by atoms with Crippen molar-refractivity contribution in [3.05, 3.63) is 18.5 Å². The second-order valence-electron chi connectivity index (χ2n) is 5.98. The van der Waals surface area contributed by atoms with Gasteiger partial charge in [0.2, 0.25) is 0 Å². The minimum Gasteiger partial charge on any atom is -0.302 e. The van der Waals surface area contributed by atoms with Gasteiger partial charge in [-0.2, -0.15) is 0 Å². The molecule has 0 unspecified atom stereocenters. The van der Waals surface area contributed by atoms with Gasteiger partial charge in [-0.25, -0.2) is 0 Å². The molecule has 0 atom stereocenters. The summed E-state index contributed by atoms with van der Waals surface area (Å²) in [6.07, 6.45) is 4.24. The van der Waals surface area contributed by atoms with E-state index < -0.39 is 0 Å². The minimum atomic E-state index is -0.296. The van der Waals surface area contributed by atoms with Gasteiger partial charge in [-0.15, -0.1) is 16.8 Å². The fourth-order valence-electron chi connectivity index (χ4n) is 1.70. The monoisotopic (exact) mass is 279 g/mol. The third kappa shape index (κ3) is 3.47. The predicted molar refractivity (Wildman–Crippen MR) is 77.4 cm³/mol. The van der Waals surface area contributed by atoms with E-state index in [1.165, 1.54) is 24.6 Å². The van der Waals surface area contributed by atoms with Crippen LogP contribution in [0.2, 0.25) is 0 Å². The van der Waals surface area contributed by atoms with Crippen LogP contribution in [0.3, 0.4) is 0 Å². The number of ketones is 1. The Balaban J connectivity index is 2.07. The zero-order valence-corrected chi connectivity index (χ0v) is 12.7. The molecule has 0 spiro atoms. The molecule has 19 heavy (non-hydrogen) atoms. The predicted octanol–water partition coefficient (Wildman–Crippen LogP) is 3.05. The van der Waals surface area contributed by atoms with Crippen molar-refractivity contribution >= 4 is 17.5 Å². The van der Waals surface area contributed by atoms with Crippen molar-refractivity contribution < 1.29 is 4.79 Å². The van der Waals surface area contributed by atoms with E-state index in [9.17, 15) is 4.79 Å². The summed E-state index contributed by atoms with van der Waals surface area (Å²) in [5.74, 6) is 2.29. The Morgan fingerprint density at radius 1 is 1.47 bits per heavy atom. The highest BCUT2D eigenvalue weighted by molar-refractivity contribution is 7.99. The maximum atomic E-state index is 12.0. The summed E-state index contributed by atoms with van der Waals surface area (Å²) in [6, 6.07) is 0. The first kappa shape index (κ1) is 14.3. The molecule has 0 radical (unpaired) electrons. The molecule has 5 heteroatoms. The maximum absolute atomic E-state index is 12.0. The van der Waals surface area contributed by atoms with E-state index in [2.05, 4.69) is 21.3 Å². The molecule has 0 N–H and O–H groups in total. The number of aromatic nitrogens is 3. The van der Waals surface area contributed by atoms with Gasteiger partial charge in [0.05, 0.1) is 5.75 Å². The van der Waals surface area contributed by atoms with Crippen molar-refractivity contribution in [1.82, 2.24) is 14.8 Å². The Morgan fingerprint density at radius 3 is 2.68 bits per heavy atom. The van der Waals surface area contributed by atoms with Crippen molar-refractivity contribution in [2.75, 3.05) is 5.75 Å². The summed E-state index contributed by atoms with van der Waals surface area (Å²) < 4.78 is 2.09. The highest BCUT2D eigenvalue weighted by Gasteiger charge is 2.30. The zero-order chi connectivity index (χ0) is 14.0. The van der Waals surface area contributed by atoms with Gasteiger partial charge in [0.1, 0.15) is 11.6 Å². The molecule has 1 saturated carbocycles. The number of nitrogens with zero attached hydrogens (tertiary/aromatic N) is 3. The minimum absolute atomic E-state index is 0.235. The molecule has 1 fully saturated rings. The number of thioether (sulfide) groups is 1. The third-order valence-corrected chi connectivity index (χ3v) is 4.14. The molecule has 0 amide bonds. The van der Waals surface area contributed by atoms with E-state index in [1.54, 1.807) is 0 Å². The summed E-state index contributed by atoms with van der Waals surface area (Å²) in [5, 5.41) is 9.33. The van der Waals surface area contributed by atoms with Crippen LogP contribution in [0.25, 0.3) is 0 Å². The molecule has 1 aliphatic rings. The lowest BCUT2D eigenvalue weighted by atomic mass is 9.92. The fraction of sp³-hybridized carbons (Fsp3) is 0.643. The molecule has 0 aliphatic heterocycles. The lowest BCUT2D eigenvalue weighted by Crippen LogP contribution is -2.22. The molecule has 1 aliphatic carbocycles. The van der Waals surface area contributed by atoms with Crippen LogP contribution in [0.4, 0.5) is 0 Å². The van der Waals surface area contributed by atoms with Gasteiger partial charge in [-0.1, -0.05) is 38.6 Å². The van der Waals surface area contributed by atoms with Crippen molar-refractivity contribution in [3.8, 4) is 0 Å². The summed E-state index contributed by atoms with van der Waals surface area (Å²) in [6.45, 7) is 10.3. The summed E-state index contributed by atoms with van der Waals surface area (Å²) in [7, 11) is 0. The Morgan fingerprint density at radius 2 is 2.16 bits per heavy atom. The summed E-state index contributed by atoms with van der Waals surface area (Å²) in [4.78, 5) is 12.0. The van der Waals surface area contributed by atoms with Crippen LogP contribution in [0.5, 0.6) is 0 Å². The van der Waals surface area contributed by atoms with Gasteiger partial charge in [-0.05, 0) is 12.8 Å². The van der Waals surface area contributed by atoms with Crippen LogP contribution < -0.4 is 0 Å². The highest BCUT2D eigenvalue weighted by atomic mass is 32.2. The van der Waals surface area contributed by atoms with E-state index in [4.69, 9.17) is 0 Å². The topological polar surface area (TPSA) is 47.8 Å².